The van der Waals surface area contributed by atoms with E-state index in [4.69, 9.17) is 10.5 Å². The van der Waals surface area contributed by atoms with Gasteiger partial charge in [0.1, 0.15) is 5.75 Å². The summed E-state index contributed by atoms with van der Waals surface area (Å²) >= 11 is 3.31. The van der Waals surface area contributed by atoms with Gasteiger partial charge < -0.3 is 10.5 Å². The van der Waals surface area contributed by atoms with Crippen LogP contribution in [0, 0.1) is 0 Å². The second-order valence-corrected chi connectivity index (χ2v) is 6.84. The van der Waals surface area contributed by atoms with Crippen LogP contribution in [0.2, 0.25) is 0 Å². The van der Waals surface area contributed by atoms with E-state index in [1.807, 2.05) is 0 Å². The fourth-order valence-corrected chi connectivity index (χ4v) is 3.27. The Kier molecular flexibility index (Phi) is 4.87. The lowest BCUT2D eigenvalue weighted by Crippen LogP contribution is -2.13. The molecule has 0 radical (unpaired) electrons. The van der Waals surface area contributed by atoms with E-state index in [-0.39, 0.29) is 4.90 Å². The minimum Gasteiger partial charge on any atom is -0.497 e. The number of methoxy groups -OCH3 is 1. The first-order valence-electron chi connectivity index (χ1n) is 6.11. The van der Waals surface area contributed by atoms with Crippen LogP contribution in [-0.2, 0) is 16.6 Å². The van der Waals surface area contributed by atoms with Crippen LogP contribution in [0.1, 0.15) is 5.56 Å². The smallest absolute Gasteiger partial charge is 0.261 e. The van der Waals surface area contributed by atoms with E-state index in [1.54, 1.807) is 30.3 Å². The predicted molar refractivity (Wildman–Crippen MR) is 85.8 cm³/mol. The van der Waals surface area contributed by atoms with Crippen molar-refractivity contribution in [3.05, 3.63) is 52.5 Å². The number of anilines is 1. The third kappa shape index (κ3) is 3.75. The highest BCUT2D eigenvalue weighted by Gasteiger charge is 2.16. The quantitative estimate of drug-likeness (QED) is 0.847. The lowest BCUT2D eigenvalue weighted by Gasteiger charge is -2.11. The summed E-state index contributed by atoms with van der Waals surface area (Å²) in [6.45, 7) is 0.370. The van der Waals surface area contributed by atoms with Crippen LogP contribution >= 0.6 is 15.9 Å². The Morgan fingerprint density at radius 1 is 1.19 bits per heavy atom. The maximum atomic E-state index is 12.3. The van der Waals surface area contributed by atoms with Crippen LogP contribution in [0.5, 0.6) is 5.75 Å². The number of hydrogen-bond acceptors (Lipinski definition) is 4. The summed E-state index contributed by atoms with van der Waals surface area (Å²) in [6, 6.07) is 11.5. The van der Waals surface area contributed by atoms with Crippen molar-refractivity contribution < 1.29 is 13.2 Å². The normalized spacial score (nSPS) is 11.2. The molecular formula is C14H15BrN2O3S. The topological polar surface area (TPSA) is 81.4 Å². The third-order valence-corrected chi connectivity index (χ3v) is 4.96. The van der Waals surface area contributed by atoms with Gasteiger partial charge in [-0.25, -0.2) is 8.42 Å². The van der Waals surface area contributed by atoms with Gasteiger partial charge in [-0.2, -0.15) is 0 Å². The van der Waals surface area contributed by atoms with Gasteiger partial charge in [0.15, 0.2) is 0 Å². The van der Waals surface area contributed by atoms with Gasteiger partial charge in [0.25, 0.3) is 10.0 Å². The highest BCUT2D eigenvalue weighted by Crippen LogP contribution is 2.29. The number of nitrogens with two attached hydrogens (primary N) is 1. The van der Waals surface area contributed by atoms with Crippen molar-refractivity contribution >= 4 is 31.6 Å². The number of rotatable bonds is 5. The second-order valence-electron chi connectivity index (χ2n) is 4.30. The summed E-state index contributed by atoms with van der Waals surface area (Å²) in [6.07, 6.45) is 0. The molecule has 0 saturated heterocycles. The average Bonchev–Trinajstić information content (AvgIpc) is 2.49. The molecule has 0 aliphatic heterocycles. The van der Waals surface area contributed by atoms with Gasteiger partial charge in [0.05, 0.1) is 17.7 Å². The van der Waals surface area contributed by atoms with Crippen LogP contribution in [-0.4, -0.2) is 15.5 Å². The van der Waals surface area contributed by atoms with E-state index in [2.05, 4.69) is 20.7 Å². The van der Waals surface area contributed by atoms with Crippen molar-refractivity contribution in [2.45, 2.75) is 11.4 Å². The number of halogens is 1. The number of ether oxygens (including phenoxy) is 1. The Balaban J connectivity index is 2.32. The van der Waals surface area contributed by atoms with Crippen molar-refractivity contribution in [1.82, 2.24) is 0 Å². The Labute approximate surface area is 132 Å². The van der Waals surface area contributed by atoms with Crippen molar-refractivity contribution in [1.29, 1.82) is 0 Å². The largest absolute Gasteiger partial charge is 0.497 e. The average molecular weight is 371 g/mol. The molecule has 7 heteroatoms. The Hall–Kier alpha value is -1.57. The number of benzene rings is 2. The Bertz CT molecular complexity index is 730. The number of nitrogens with one attached hydrogen (secondary N) is 1. The van der Waals surface area contributed by atoms with Crippen LogP contribution in [0.3, 0.4) is 0 Å². The second kappa shape index (κ2) is 6.46. The summed E-state index contributed by atoms with van der Waals surface area (Å²) in [5.74, 6) is 0.564. The molecule has 21 heavy (non-hydrogen) atoms. The fourth-order valence-electron chi connectivity index (χ4n) is 1.72. The molecule has 0 aliphatic rings. The minimum absolute atomic E-state index is 0.175. The zero-order valence-electron chi connectivity index (χ0n) is 11.3. The van der Waals surface area contributed by atoms with E-state index in [9.17, 15) is 8.42 Å². The molecule has 0 bridgehead atoms. The zero-order chi connectivity index (χ0) is 15.5. The van der Waals surface area contributed by atoms with Gasteiger partial charge >= 0.3 is 0 Å². The van der Waals surface area contributed by atoms with Crippen molar-refractivity contribution in [2.75, 3.05) is 11.8 Å². The molecule has 0 spiro atoms. The molecule has 0 atom stereocenters. The molecule has 0 aromatic heterocycles. The zero-order valence-corrected chi connectivity index (χ0v) is 13.7. The van der Waals surface area contributed by atoms with Gasteiger partial charge in [-0.05, 0) is 45.8 Å². The Morgan fingerprint density at radius 2 is 1.86 bits per heavy atom. The maximum absolute atomic E-state index is 12.3. The lowest BCUT2D eigenvalue weighted by atomic mass is 10.2. The van der Waals surface area contributed by atoms with Gasteiger partial charge in [-0.15, -0.1) is 0 Å². The highest BCUT2D eigenvalue weighted by atomic mass is 79.9. The SMILES string of the molecule is COc1ccc(Br)c(NS(=O)(=O)c2ccc(CN)cc2)c1. The molecule has 0 unspecified atom stereocenters. The summed E-state index contributed by atoms with van der Waals surface area (Å²) < 4.78 is 32.9. The van der Waals surface area contributed by atoms with Crippen LogP contribution in [0.4, 0.5) is 5.69 Å². The summed E-state index contributed by atoms with van der Waals surface area (Å²) in [4.78, 5) is 0.175. The molecule has 0 amide bonds. The molecule has 2 aromatic rings. The maximum Gasteiger partial charge on any atom is 0.261 e. The van der Waals surface area contributed by atoms with Crippen LogP contribution < -0.4 is 15.2 Å². The van der Waals surface area contributed by atoms with Crippen molar-refractivity contribution in [3.8, 4) is 5.75 Å². The summed E-state index contributed by atoms with van der Waals surface area (Å²) in [5.41, 5.74) is 6.79. The van der Waals surface area contributed by atoms with E-state index in [1.165, 1.54) is 19.2 Å². The monoisotopic (exact) mass is 370 g/mol. The molecule has 0 heterocycles. The van der Waals surface area contributed by atoms with E-state index in [0.29, 0.717) is 22.5 Å². The van der Waals surface area contributed by atoms with E-state index < -0.39 is 10.0 Å². The van der Waals surface area contributed by atoms with Gasteiger partial charge in [0.2, 0.25) is 0 Å². The Morgan fingerprint density at radius 3 is 2.43 bits per heavy atom. The molecule has 5 nitrogen and oxygen atoms in total. The molecule has 0 fully saturated rings. The molecule has 2 aromatic carbocycles. The standard InChI is InChI=1S/C14H15BrN2O3S/c1-20-11-4-7-13(15)14(8-11)17-21(18,19)12-5-2-10(9-16)3-6-12/h2-8,17H,9,16H2,1H3. The molecule has 0 aliphatic carbocycles. The first-order chi connectivity index (χ1) is 9.96. The van der Waals surface area contributed by atoms with Gasteiger partial charge in [-0.1, -0.05) is 12.1 Å². The van der Waals surface area contributed by atoms with Crippen LogP contribution in [0.25, 0.3) is 0 Å². The van der Waals surface area contributed by atoms with Crippen molar-refractivity contribution in [3.63, 3.8) is 0 Å². The number of sulfonamides is 1. The van der Waals surface area contributed by atoms with Gasteiger partial charge in [-0.3, -0.25) is 4.72 Å². The third-order valence-electron chi connectivity index (χ3n) is 2.89. The van der Waals surface area contributed by atoms with E-state index >= 15 is 0 Å². The van der Waals surface area contributed by atoms with Crippen molar-refractivity contribution in [2.24, 2.45) is 5.73 Å². The molecular weight excluding hydrogens is 356 g/mol. The van der Waals surface area contributed by atoms with E-state index in [0.717, 1.165) is 5.56 Å². The fraction of sp³-hybridized carbons (Fsp3) is 0.143. The predicted octanol–water partition coefficient (Wildman–Crippen LogP) is 2.72. The van der Waals surface area contributed by atoms with Crippen LogP contribution in [0.15, 0.2) is 51.8 Å². The first-order valence-corrected chi connectivity index (χ1v) is 8.39. The highest BCUT2D eigenvalue weighted by molar-refractivity contribution is 9.10. The number of hydrogen-bond donors (Lipinski definition) is 2. The molecule has 2 rings (SSSR count). The lowest BCUT2D eigenvalue weighted by molar-refractivity contribution is 0.415. The molecule has 0 saturated carbocycles. The summed E-state index contributed by atoms with van der Waals surface area (Å²) in [5, 5.41) is 0. The minimum atomic E-state index is -3.66. The summed E-state index contributed by atoms with van der Waals surface area (Å²) in [7, 11) is -2.14. The molecule has 3 N–H and O–H groups in total. The molecule has 112 valence electrons. The first kappa shape index (κ1) is 15.8. The van der Waals surface area contributed by atoms with Gasteiger partial charge in [0, 0.05) is 17.1 Å².